The topological polar surface area (TPSA) is 112 Å². The molecule has 1 heterocycles. The van der Waals surface area contributed by atoms with Gasteiger partial charge in [0.25, 0.3) is 5.91 Å². The second kappa shape index (κ2) is 10.1. The molecule has 0 unspecified atom stereocenters. The molecule has 8 nitrogen and oxygen atoms in total. The van der Waals surface area contributed by atoms with Crippen LogP contribution in [0.1, 0.15) is 0 Å². The predicted octanol–water partition coefficient (Wildman–Crippen LogP) is 3.47. The lowest BCUT2D eigenvalue weighted by molar-refractivity contribution is -0.112. The van der Waals surface area contributed by atoms with Gasteiger partial charge in [0.1, 0.15) is 11.6 Å². The van der Waals surface area contributed by atoms with Crippen LogP contribution in [0.15, 0.2) is 59.1 Å². The zero-order chi connectivity index (χ0) is 22.4. The maximum absolute atomic E-state index is 12.8. The standard InChI is InChI=1S/C20H18Cl2N4O4S/c21-16-3-1-2-4-18(16)25-20(27)14(12-23)13-24-19-11-15(5-6-17(19)22)31(28,29)26-7-9-30-10-8-26/h1-6,11,13,24H,7-10H2,(H,25,27)/b14-13-. The maximum atomic E-state index is 12.8. The van der Waals surface area contributed by atoms with Crippen molar-refractivity contribution in [2.45, 2.75) is 4.90 Å². The Labute approximate surface area is 190 Å². The van der Waals surface area contributed by atoms with Gasteiger partial charge in [-0.15, -0.1) is 0 Å². The molecule has 2 aromatic carbocycles. The fraction of sp³-hybridized carbons (Fsp3) is 0.200. The van der Waals surface area contributed by atoms with Gasteiger partial charge < -0.3 is 15.4 Å². The summed E-state index contributed by atoms with van der Waals surface area (Å²) in [6.07, 6.45) is 1.15. The summed E-state index contributed by atoms with van der Waals surface area (Å²) in [5.41, 5.74) is 0.332. The fourth-order valence-corrected chi connectivity index (χ4v) is 4.55. The number of hydrogen-bond acceptors (Lipinski definition) is 6. The molecule has 2 N–H and O–H groups in total. The summed E-state index contributed by atoms with van der Waals surface area (Å²) in [5.74, 6) is -0.684. The van der Waals surface area contributed by atoms with Gasteiger partial charge in [0.15, 0.2) is 0 Å². The summed E-state index contributed by atoms with van der Waals surface area (Å²) in [7, 11) is -3.73. The lowest BCUT2D eigenvalue weighted by Gasteiger charge is -2.26. The highest BCUT2D eigenvalue weighted by Crippen LogP contribution is 2.28. The molecule has 11 heteroatoms. The van der Waals surface area contributed by atoms with Crippen LogP contribution in [0.5, 0.6) is 0 Å². The predicted molar refractivity (Wildman–Crippen MR) is 118 cm³/mol. The molecule has 0 aromatic heterocycles. The number of halogens is 2. The van der Waals surface area contributed by atoms with E-state index in [1.54, 1.807) is 30.3 Å². The number of rotatable bonds is 6. The van der Waals surface area contributed by atoms with Gasteiger partial charge in [-0.05, 0) is 30.3 Å². The Bertz CT molecular complexity index is 1160. The van der Waals surface area contributed by atoms with E-state index in [-0.39, 0.29) is 34.3 Å². The number of carbonyl (C=O) groups excluding carboxylic acids is 1. The van der Waals surface area contributed by atoms with Gasteiger partial charge in [0, 0.05) is 19.3 Å². The highest BCUT2D eigenvalue weighted by Gasteiger charge is 2.26. The van der Waals surface area contributed by atoms with Crippen molar-refractivity contribution < 1.29 is 17.9 Å². The van der Waals surface area contributed by atoms with E-state index in [1.165, 1.54) is 22.5 Å². The van der Waals surface area contributed by atoms with E-state index >= 15 is 0 Å². The van der Waals surface area contributed by atoms with Crippen molar-refractivity contribution in [3.8, 4) is 6.07 Å². The molecule has 1 aliphatic rings. The van der Waals surface area contributed by atoms with Gasteiger partial charge in [0.2, 0.25) is 10.0 Å². The number of nitrogens with zero attached hydrogens (tertiary/aromatic N) is 2. The molecule has 0 bridgehead atoms. The van der Waals surface area contributed by atoms with Crippen LogP contribution in [0.3, 0.4) is 0 Å². The number of ether oxygens (including phenoxy) is 1. The molecule has 0 atom stereocenters. The number of nitriles is 1. The molecular weight excluding hydrogens is 463 g/mol. The van der Waals surface area contributed by atoms with Gasteiger partial charge >= 0.3 is 0 Å². The Morgan fingerprint density at radius 1 is 1.10 bits per heavy atom. The molecule has 1 fully saturated rings. The first-order valence-corrected chi connectivity index (χ1v) is 11.3. The number of para-hydroxylation sites is 1. The van der Waals surface area contributed by atoms with Crippen LogP contribution in [0.25, 0.3) is 0 Å². The molecule has 1 saturated heterocycles. The van der Waals surface area contributed by atoms with Gasteiger partial charge in [-0.3, -0.25) is 4.79 Å². The van der Waals surface area contributed by atoms with Crippen LogP contribution in [-0.2, 0) is 19.6 Å². The zero-order valence-corrected chi connectivity index (χ0v) is 18.5. The molecule has 31 heavy (non-hydrogen) atoms. The number of benzene rings is 2. The van der Waals surface area contributed by atoms with Crippen LogP contribution in [-0.4, -0.2) is 44.9 Å². The van der Waals surface area contributed by atoms with Crippen LogP contribution in [0, 0.1) is 11.3 Å². The van der Waals surface area contributed by atoms with Crippen molar-refractivity contribution in [2.24, 2.45) is 0 Å². The first-order valence-electron chi connectivity index (χ1n) is 9.13. The van der Waals surface area contributed by atoms with Crippen molar-refractivity contribution in [3.63, 3.8) is 0 Å². The largest absolute Gasteiger partial charge is 0.379 e. The highest BCUT2D eigenvalue weighted by atomic mass is 35.5. The molecule has 0 radical (unpaired) electrons. The first kappa shape index (κ1) is 23.1. The number of morpholine rings is 1. The van der Waals surface area contributed by atoms with E-state index in [2.05, 4.69) is 10.6 Å². The van der Waals surface area contributed by atoms with Gasteiger partial charge in [0.05, 0.1) is 39.5 Å². The Morgan fingerprint density at radius 2 is 1.77 bits per heavy atom. The molecular formula is C20H18Cl2N4O4S. The number of sulfonamides is 1. The van der Waals surface area contributed by atoms with Crippen LogP contribution >= 0.6 is 23.2 Å². The molecule has 1 aliphatic heterocycles. The summed E-state index contributed by atoms with van der Waals surface area (Å²) >= 11 is 12.2. The molecule has 1 amide bonds. The van der Waals surface area contributed by atoms with E-state index in [4.69, 9.17) is 27.9 Å². The maximum Gasteiger partial charge on any atom is 0.267 e. The second-order valence-corrected chi connectivity index (χ2v) is 9.16. The van der Waals surface area contributed by atoms with E-state index < -0.39 is 15.9 Å². The molecule has 0 spiro atoms. The third kappa shape index (κ3) is 5.55. The first-order chi connectivity index (χ1) is 14.8. The zero-order valence-electron chi connectivity index (χ0n) is 16.1. The Morgan fingerprint density at radius 3 is 2.45 bits per heavy atom. The Hall–Kier alpha value is -2.61. The summed E-state index contributed by atoms with van der Waals surface area (Å²) in [6.45, 7) is 1.17. The minimum atomic E-state index is -3.73. The van der Waals surface area contributed by atoms with Crippen molar-refractivity contribution in [1.29, 1.82) is 5.26 Å². The van der Waals surface area contributed by atoms with E-state index in [1.807, 2.05) is 0 Å². The summed E-state index contributed by atoms with van der Waals surface area (Å²) < 4.78 is 32.2. The minimum absolute atomic E-state index is 0.0359. The van der Waals surface area contributed by atoms with E-state index in [9.17, 15) is 18.5 Å². The lowest BCUT2D eigenvalue weighted by atomic mass is 10.2. The Kier molecular flexibility index (Phi) is 7.54. The Balaban J connectivity index is 1.80. The molecule has 0 saturated carbocycles. The summed E-state index contributed by atoms with van der Waals surface area (Å²) in [4.78, 5) is 12.4. The molecule has 3 rings (SSSR count). The third-order valence-electron chi connectivity index (χ3n) is 4.40. The molecule has 2 aromatic rings. The number of hydrogen-bond donors (Lipinski definition) is 2. The summed E-state index contributed by atoms with van der Waals surface area (Å²) in [5, 5.41) is 15.2. The average Bonchev–Trinajstić information content (AvgIpc) is 2.77. The quantitative estimate of drug-likeness (QED) is 0.483. The van der Waals surface area contributed by atoms with Gasteiger partial charge in [-0.2, -0.15) is 9.57 Å². The van der Waals surface area contributed by atoms with Crippen molar-refractivity contribution in [2.75, 3.05) is 36.9 Å². The highest BCUT2D eigenvalue weighted by molar-refractivity contribution is 7.89. The monoisotopic (exact) mass is 480 g/mol. The molecule has 162 valence electrons. The normalized spacial score (nSPS) is 15.2. The second-order valence-electron chi connectivity index (χ2n) is 6.41. The van der Waals surface area contributed by atoms with Gasteiger partial charge in [-0.25, -0.2) is 8.42 Å². The fourth-order valence-electron chi connectivity index (χ4n) is 2.76. The summed E-state index contributed by atoms with van der Waals surface area (Å²) in [6, 6.07) is 12.6. The third-order valence-corrected chi connectivity index (χ3v) is 6.96. The smallest absolute Gasteiger partial charge is 0.267 e. The van der Waals surface area contributed by atoms with Crippen molar-refractivity contribution in [1.82, 2.24) is 4.31 Å². The van der Waals surface area contributed by atoms with Crippen LogP contribution in [0.4, 0.5) is 11.4 Å². The molecule has 0 aliphatic carbocycles. The van der Waals surface area contributed by atoms with Crippen molar-refractivity contribution >= 4 is 50.5 Å². The van der Waals surface area contributed by atoms with Crippen molar-refractivity contribution in [3.05, 3.63) is 64.3 Å². The van der Waals surface area contributed by atoms with E-state index in [0.717, 1.165) is 6.20 Å². The van der Waals surface area contributed by atoms with E-state index in [0.29, 0.717) is 23.9 Å². The minimum Gasteiger partial charge on any atom is -0.379 e. The number of anilines is 2. The SMILES string of the molecule is N#C/C(=C/Nc1cc(S(=O)(=O)N2CCOCC2)ccc1Cl)C(=O)Nc1ccccc1Cl. The van der Waals surface area contributed by atoms with Crippen LogP contribution in [0.2, 0.25) is 10.0 Å². The average molecular weight is 481 g/mol. The number of nitrogens with one attached hydrogen (secondary N) is 2. The number of carbonyl (C=O) groups is 1. The number of amides is 1. The van der Waals surface area contributed by atoms with Gasteiger partial charge in [-0.1, -0.05) is 35.3 Å². The lowest BCUT2D eigenvalue weighted by Crippen LogP contribution is -2.40. The van der Waals surface area contributed by atoms with Crippen LogP contribution < -0.4 is 10.6 Å².